The van der Waals surface area contributed by atoms with Crippen molar-refractivity contribution in [3.63, 3.8) is 0 Å². The maximum absolute atomic E-state index is 12.5. The summed E-state index contributed by atoms with van der Waals surface area (Å²) in [7, 11) is 6.00. The molecule has 274 valence electrons. The predicted octanol–water partition coefficient (Wildman–Crippen LogP) is 13.8. The smallest absolute Gasteiger partial charge is 0.136 e. The molecule has 4 heteroatoms. The van der Waals surface area contributed by atoms with Gasteiger partial charge in [0, 0.05) is 25.2 Å². The second-order valence-electron chi connectivity index (χ2n) is 14.1. The summed E-state index contributed by atoms with van der Waals surface area (Å²) in [6.45, 7) is 6.50. The van der Waals surface area contributed by atoms with E-state index in [0.717, 1.165) is 25.7 Å². The van der Waals surface area contributed by atoms with E-state index in [0.29, 0.717) is 25.0 Å². The van der Waals surface area contributed by atoms with Gasteiger partial charge in [0.2, 0.25) is 0 Å². The SMILES string of the molecule is CCCCCCCC/C=C\CCCCCCCC(=O)CC(C)C(=O)CCCCCCC/C=C\CCCCCCCC.CN(C)C.Cl. The van der Waals surface area contributed by atoms with Gasteiger partial charge in [-0.2, -0.15) is 0 Å². The highest BCUT2D eigenvalue weighted by atomic mass is 35.5. The first-order chi connectivity index (χ1) is 21.8. The highest BCUT2D eigenvalue weighted by molar-refractivity contribution is 5.87. The molecule has 0 aliphatic heterocycles. The van der Waals surface area contributed by atoms with Crippen LogP contribution in [-0.2, 0) is 9.59 Å². The zero-order chi connectivity index (χ0) is 33.6. The average molecular weight is 669 g/mol. The van der Waals surface area contributed by atoms with Gasteiger partial charge in [0.15, 0.2) is 0 Å². The van der Waals surface area contributed by atoms with Crippen LogP contribution in [0.15, 0.2) is 24.3 Å². The summed E-state index contributed by atoms with van der Waals surface area (Å²) < 4.78 is 0. The Morgan fingerprint density at radius 2 is 0.761 bits per heavy atom. The van der Waals surface area contributed by atoms with Gasteiger partial charge in [-0.15, -0.1) is 12.4 Å². The molecule has 0 rings (SSSR count). The molecule has 0 heterocycles. The van der Waals surface area contributed by atoms with Crippen molar-refractivity contribution in [2.24, 2.45) is 5.92 Å². The zero-order valence-electron chi connectivity index (χ0n) is 32.1. The van der Waals surface area contributed by atoms with Gasteiger partial charge in [0.1, 0.15) is 11.6 Å². The van der Waals surface area contributed by atoms with E-state index in [1.165, 1.54) is 141 Å². The molecule has 1 atom stereocenters. The lowest BCUT2D eigenvalue weighted by Crippen LogP contribution is -2.15. The minimum Gasteiger partial charge on any atom is -0.312 e. The number of halogens is 1. The summed E-state index contributed by atoms with van der Waals surface area (Å²) in [5.74, 6) is 0.482. The fourth-order valence-corrected chi connectivity index (χ4v) is 5.57. The standard InChI is InChI=1S/C39H72O2.C3H9N.ClH/c1-4-6-8-10-12-14-16-18-20-22-24-26-28-30-32-34-38(40)36-37(3)39(41)35-33-31-29-27-25-23-21-19-17-15-13-11-9-7-5-2;1-4(2)3;/h18-21,37H,4-17,22-36H2,1-3H3;1-3H3;1H/b20-18-,21-19-;;. The molecule has 0 amide bonds. The molecule has 0 aliphatic rings. The van der Waals surface area contributed by atoms with Crippen LogP contribution in [0.4, 0.5) is 0 Å². The van der Waals surface area contributed by atoms with E-state index >= 15 is 0 Å². The molecule has 0 aliphatic carbocycles. The summed E-state index contributed by atoms with van der Waals surface area (Å²) >= 11 is 0. The number of carbonyl (C=O) groups is 2. The van der Waals surface area contributed by atoms with Crippen molar-refractivity contribution < 1.29 is 9.59 Å². The van der Waals surface area contributed by atoms with Gasteiger partial charge >= 0.3 is 0 Å². The van der Waals surface area contributed by atoms with Crippen molar-refractivity contribution >= 4 is 24.0 Å². The molecule has 1 unspecified atom stereocenters. The van der Waals surface area contributed by atoms with Crippen molar-refractivity contribution in [2.75, 3.05) is 21.1 Å². The third-order valence-corrected chi connectivity index (χ3v) is 8.49. The Labute approximate surface area is 296 Å². The van der Waals surface area contributed by atoms with E-state index in [4.69, 9.17) is 0 Å². The second-order valence-corrected chi connectivity index (χ2v) is 14.1. The van der Waals surface area contributed by atoms with Gasteiger partial charge in [0.25, 0.3) is 0 Å². The first-order valence-corrected chi connectivity index (χ1v) is 19.8. The van der Waals surface area contributed by atoms with E-state index in [1.807, 2.05) is 33.0 Å². The fourth-order valence-electron chi connectivity index (χ4n) is 5.57. The van der Waals surface area contributed by atoms with Crippen LogP contribution < -0.4 is 0 Å². The zero-order valence-corrected chi connectivity index (χ0v) is 32.9. The van der Waals surface area contributed by atoms with E-state index in [9.17, 15) is 9.59 Å². The minimum atomic E-state index is -0.0950. The van der Waals surface area contributed by atoms with Crippen LogP contribution >= 0.6 is 12.4 Å². The Hall–Kier alpha value is -0.930. The summed E-state index contributed by atoms with van der Waals surface area (Å²) in [6.07, 6.45) is 44.4. The number of nitrogens with zero attached hydrogens (tertiary/aromatic N) is 1. The molecule has 0 N–H and O–H groups in total. The molecule has 0 radical (unpaired) electrons. The molecule has 0 saturated heterocycles. The molecule has 3 nitrogen and oxygen atoms in total. The Bertz CT molecular complexity index is 670. The average Bonchev–Trinajstić information content (AvgIpc) is 3.00. The number of hydrogen-bond acceptors (Lipinski definition) is 3. The van der Waals surface area contributed by atoms with E-state index < -0.39 is 0 Å². The number of allylic oxidation sites excluding steroid dienone is 4. The summed E-state index contributed by atoms with van der Waals surface area (Å²) in [5.41, 5.74) is 0. The number of rotatable bonds is 33. The molecule has 0 fully saturated rings. The second kappa shape index (κ2) is 42.1. The Kier molecular flexibility index (Phi) is 45.3. The molecule has 0 spiro atoms. The minimum absolute atomic E-state index is 0. The lowest BCUT2D eigenvalue weighted by molar-refractivity contribution is -0.127. The van der Waals surface area contributed by atoms with Crippen LogP contribution in [0, 0.1) is 5.92 Å². The van der Waals surface area contributed by atoms with E-state index in [2.05, 4.69) is 38.2 Å². The quantitative estimate of drug-likeness (QED) is 0.0516. The molecular weight excluding hydrogens is 586 g/mol. The maximum Gasteiger partial charge on any atom is 0.136 e. The summed E-state index contributed by atoms with van der Waals surface area (Å²) in [4.78, 5) is 26.8. The Balaban J connectivity index is -0.00000347. The normalized spacial score (nSPS) is 12.0. The first kappa shape index (κ1) is 49.5. The van der Waals surface area contributed by atoms with Crippen molar-refractivity contribution in [2.45, 2.75) is 207 Å². The lowest BCUT2D eigenvalue weighted by Gasteiger charge is -2.10. The summed E-state index contributed by atoms with van der Waals surface area (Å²) in [5, 5.41) is 0. The van der Waals surface area contributed by atoms with Gasteiger partial charge in [-0.3, -0.25) is 9.59 Å². The summed E-state index contributed by atoms with van der Waals surface area (Å²) in [6, 6.07) is 0. The van der Waals surface area contributed by atoms with E-state index in [-0.39, 0.29) is 24.1 Å². The fraction of sp³-hybridized carbons (Fsp3) is 0.857. The molecule has 0 bridgehead atoms. The molecule has 0 aromatic heterocycles. The van der Waals surface area contributed by atoms with Crippen molar-refractivity contribution in [3.8, 4) is 0 Å². The highest BCUT2D eigenvalue weighted by Crippen LogP contribution is 2.16. The number of carbonyl (C=O) groups excluding carboxylic acids is 2. The molecule has 0 aromatic rings. The van der Waals surface area contributed by atoms with Gasteiger partial charge in [-0.1, -0.05) is 148 Å². The highest BCUT2D eigenvalue weighted by Gasteiger charge is 2.16. The molecule has 0 aromatic carbocycles. The topological polar surface area (TPSA) is 37.4 Å². The van der Waals surface area contributed by atoms with Gasteiger partial charge in [-0.05, 0) is 85.4 Å². The van der Waals surface area contributed by atoms with Crippen LogP contribution in [0.1, 0.15) is 207 Å². The largest absolute Gasteiger partial charge is 0.312 e. The number of hydrogen-bond donors (Lipinski definition) is 0. The van der Waals surface area contributed by atoms with Gasteiger partial charge in [0.05, 0.1) is 0 Å². The third kappa shape index (κ3) is 45.2. The molecule has 0 saturated carbocycles. The number of ketones is 2. The Morgan fingerprint density at radius 1 is 0.478 bits per heavy atom. The Morgan fingerprint density at radius 3 is 1.11 bits per heavy atom. The van der Waals surface area contributed by atoms with Crippen LogP contribution in [0.3, 0.4) is 0 Å². The predicted molar refractivity (Wildman–Crippen MR) is 210 cm³/mol. The van der Waals surface area contributed by atoms with Crippen molar-refractivity contribution in [1.29, 1.82) is 0 Å². The maximum atomic E-state index is 12.5. The molecule has 46 heavy (non-hydrogen) atoms. The van der Waals surface area contributed by atoms with Gasteiger partial charge in [-0.25, -0.2) is 0 Å². The van der Waals surface area contributed by atoms with Crippen LogP contribution in [0.5, 0.6) is 0 Å². The monoisotopic (exact) mass is 668 g/mol. The van der Waals surface area contributed by atoms with Crippen molar-refractivity contribution in [3.05, 3.63) is 24.3 Å². The number of unbranched alkanes of at least 4 members (excludes halogenated alkanes) is 22. The lowest BCUT2D eigenvalue weighted by atomic mass is 9.94. The van der Waals surface area contributed by atoms with Crippen LogP contribution in [-0.4, -0.2) is 37.6 Å². The first-order valence-electron chi connectivity index (χ1n) is 19.8. The van der Waals surface area contributed by atoms with Crippen LogP contribution in [0.25, 0.3) is 0 Å². The van der Waals surface area contributed by atoms with Crippen LogP contribution in [0.2, 0.25) is 0 Å². The van der Waals surface area contributed by atoms with Gasteiger partial charge < -0.3 is 4.90 Å². The number of Topliss-reactive ketones (excluding diaryl/α,β-unsaturated/α-hetero) is 2. The third-order valence-electron chi connectivity index (χ3n) is 8.49. The molecular formula is C42H82ClNO2. The van der Waals surface area contributed by atoms with E-state index in [1.54, 1.807) is 0 Å². The van der Waals surface area contributed by atoms with Crippen molar-refractivity contribution in [1.82, 2.24) is 4.90 Å².